The Morgan fingerprint density at radius 1 is 1.06 bits per heavy atom. The molecule has 198 valence electrons. The first-order chi connectivity index (χ1) is 17.1. The van der Waals surface area contributed by atoms with Crippen molar-refractivity contribution in [1.82, 2.24) is 5.01 Å². The molecule has 36 heavy (non-hydrogen) atoms. The number of hydrogen-bond donors (Lipinski definition) is 2. The molecule has 1 unspecified atom stereocenters. The molecule has 1 heterocycles. The van der Waals surface area contributed by atoms with Gasteiger partial charge in [-0.05, 0) is 81.3 Å². The van der Waals surface area contributed by atoms with Crippen LogP contribution >= 0.6 is 0 Å². The van der Waals surface area contributed by atoms with E-state index in [2.05, 4.69) is 27.7 Å². The standard InChI is InChI=1S/C28H41N3O5/c1-18-19(2)27-23(20(3)26(18)34-7)10-12-28(4,36-27)17-35-16-22(29)15-31(30)13-11-21-8-9-24(32-5)25(14-21)33-6/h8-9,14-15H,10-13,16-17,29-30H2,1-7H3/b22-15-. The first kappa shape index (κ1) is 27.5. The summed E-state index contributed by atoms with van der Waals surface area (Å²) in [7, 11) is 4.96. The van der Waals surface area contributed by atoms with Gasteiger partial charge in [0.2, 0.25) is 0 Å². The molecule has 0 fully saturated rings. The fourth-order valence-corrected chi connectivity index (χ4v) is 4.68. The second-order valence-electron chi connectivity index (χ2n) is 9.64. The molecule has 0 aliphatic carbocycles. The van der Waals surface area contributed by atoms with Gasteiger partial charge in [-0.25, -0.2) is 5.84 Å². The van der Waals surface area contributed by atoms with Crippen molar-refractivity contribution in [2.75, 3.05) is 41.1 Å². The highest BCUT2D eigenvalue weighted by Crippen LogP contribution is 2.43. The summed E-state index contributed by atoms with van der Waals surface area (Å²) in [5.41, 5.74) is 12.0. The van der Waals surface area contributed by atoms with Crippen molar-refractivity contribution in [2.24, 2.45) is 11.6 Å². The third kappa shape index (κ3) is 6.17. The predicted molar refractivity (Wildman–Crippen MR) is 142 cm³/mol. The lowest BCUT2D eigenvalue weighted by Crippen LogP contribution is -2.42. The Hall–Kier alpha value is -3.10. The zero-order chi connectivity index (χ0) is 26.5. The molecule has 8 heteroatoms. The Morgan fingerprint density at radius 3 is 2.44 bits per heavy atom. The van der Waals surface area contributed by atoms with Gasteiger partial charge in [-0.15, -0.1) is 0 Å². The first-order valence-corrected chi connectivity index (χ1v) is 12.2. The summed E-state index contributed by atoms with van der Waals surface area (Å²) in [5, 5.41) is 1.58. The van der Waals surface area contributed by atoms with Crippen molar-refractivity contribution >= 4 is 0 Å². The van der Waals surface area contributed by atoms with Crippen LogP contribution in [0.4, 0.5) is 0 Å². The van der Waals surface area contributed by atoms with Crippen LogP contribution in [0.1, 0.15) is 41.2 Å². The summed E-state index contributed by atoms with van der Waals surface area (Å²) in [6.45, 7) is 9.64. The largest absolute Gasteiger partial charge is 0.496 e. The number of rotatable bonds is 11. The van der Waals surface area contributed by atoms with E-state index >= 15 is 0 Å². The van der Waals surface area contributed by atoms with Crippen molar-refractivity contribution < 1.29 is 23.7 Å². The van der Waals surface area contributed by atoms with E-state index in [4.69, 9.17) is 35.3 Å². The van der Waals surface area contributed by atoms with E-state index in [9.17, 15) is 0 Å². The lowest BCUT2D eigenvalue weighted by atomic mass is 9.87. The first-order valence-electron chi connectivity index (χ1n) is 12.2. The molecule has 2 aromatic carbocycles. The van der Waals surface area contributed by atoms with Crippen molar-refractivity contribution in [3.05, 3.63) is 57.9 Å². The van der Waals surface area contributed by atoms with E-state index in [0.717, 1.165) is 53.0 Å². The van der Waals surface area contributed by atoms with Crippen molar-refractivity contribution in [3.8, 4) is 23.0 Å². The monoisotopic (exact) mass is 499 g/mol. The van der Waals surface area contributed by atoms with E-state index < -0.39 is 5.60 Å². The fourth-order valence-electron chi connectivity index (χ4n) is 4.68. The number of fused-ring (bicyclic) bond motifs is 1. The van der Waals surface area contributed by atoms with Crippen LogP contribution in [0, 0.1) is 20.8 Å². The summed E-state index contributed by atoms with van der Waals surface area (Å²) in [5.74, 6) is 9.44. The van der Waals surface area contributed by atoms with Crippen molar-refractivity contribution in [3.63, 3.8) is 0 Å². The summed E-state index contributed by atoms with van der Waals surface area (Å²) in [4.78, 5) is 0. The van der Waals surface area contributed by atoms with Crippen LogP contribution in [-0.4, -0.2) is 51.7 Å². The van der Waals surface area contributed by atoms with Gasteiger partial charge in [-0.1, -0.05) is 6.07 Å². The molecule has 1 aliphatic rings. The molecule has 3 rings (SSSR count). The zero-order valence-electron chi connectivity index (χ0n) is 22.7. The molecular weight excluding hydrogens is 458 g/mol. The predicted octanol–water partition coefficient (Wildman–Crippen LogP) is 3.96. The Bertz CT molecular complexity index is 1100. The average Bonchev–Trinajstić information content (AvgIpc) is 2.86. The molecule has 4 N–H and O–H groups in total. The Kier molecular flexibility index (Phi) is 8.98. The summed E-state index contributed by atoms with van der Waals surface area (Å²) in [6, 6.07) is 5.84. The minimum Gasteiger partial charge on any atom is -0.496 e. The summed E-state index contributed by atoms with van der Waals surface area (Å²) >= 11 is 0. The molecule has 1 atom stereocenters. The van der Waals surface area contributed by atoms with Gasteiger partial charge in [-0.2, -0.15) is 0 Å². The Balaban J connectivity index is 1.53. The van der Waals surface area contributed by atoms with Crippen LogP contribution in [0.3, 0.4) is 0 Å². The highest BCUT2D eigenvalue weighted by atomic mass is 16.5. The van der Waals surface area contributed by atoms with Gasteiger partial charge >= 0.3 is 0 Å². The summed E-state index contributed by atoms with van der Waals surface area (Å²) in [6.07, 6.45) is 4.21. The molecule has 0 spiro atoms. The lowest BCUT2D eigenvalue weighted by molar-refractivity contribution is -0.0227. The van der Waals surface area contributed by atoms with E-state index in [0.29, 0.717) is 30.3 Å². The third-order valence-electron chi connectivity index (χ3n) is 6.88. The van der Waals surface area contributed by atoms with Crippen LogP contribution in [0.15, 0.2) is 30.1 Å². The number of nitrogens with zero attached hydrogens (tertiary/aromatic N) is 1. The van der Waals surface area contributed by atoms with Crippen LogP contribution in [0.5, 0.6) is 23.0 Å². The molecule has 0 saturated carbocycles. The third-order valence-corrected chi connectivity index (χ3v) is 6.88. The highest BCUT2D eigenvalue weighted by molar-refractivity contribution is 5.59. The van der Waals surface area contributed by atoms with Gasteiger partial charge in [0.15, 0.2) is 11.5 Å². The minimum atomic E-state index is -0.429. The molecule has 2 aromatic rings. The maximum Gasteiger partial charge on any atom is 0.160 e. The van der Waals surface area contributed by atoms with Crippen LogP contribution < -0.4 is 30.5 Å². The summed E-state index contributed by atoms with van der Waals surface area (Å²) < 4.78 is 28.7. The van der Waals surface area contributed by atoms with Crippen LogP contribution in [0.25, 0.3) is 0 Å². The van der Waals surface area contributed by atoms with Gasteiger partial charge in [0.1, 0.15) is 17.1 Å². The number of methoxy groups -OCH3 is 3. The quantitative estimate of drug-likeness (QED) is 0.354. The van der Waals surface area contributed by atoms with E-state index in [-0.39, 0.29) is 6.61 Å². The molecule has 0 saturated heterocycles. The maximum atomic E-state index is 6.50. The molecule has 0 radical (unpaired) electrons. The minimum absolute atomic E-state index is 0.273. The topological polar surface area (TPSA) is 101 Å². The lowest BCUT2D eigenvalue weighted by Gasteiger charge is -2.38. The van der Waals surface area contributed by atoms with E-state index in [1.807, 2.05) is 18.2 Å². The average molecular weight is 500 g/mol. The SMILES string of the molecule is COc1ccc(CCN(N)/C=C(\N)COCC2(C)CCc3c(C)c(OC)c(C)c(C)c3O2)cc1OC. The number of nitrogens with two attached hydrogens (primary N) is 2. The van der Waals surface area contributed by atoms with E-state index in [1.54, 1.807) is 32.5 Å². The second kappa shape index (κ2) is 11.8. The second-order valence-corrected chi connectivity index (χ2v) is 9.64. The molecule has 0 aromatic heterocycles. The van der Waals surface area contributed by atoms with E-state index in [1.165, 1.54) is 5.56 Å². The van der Waals surface area contributed by atoms with Crippen LogP contribution in [0.2, 0.25) is 0 Å². The van der Waals surface area contributed by atoms with Gasteiger partial charge in [-0.3, -0.25) is 0 Å². The number of benzene rings is 2. The van der Waals surface area contributed by atoms with Crippen molar-refractivity contribution in [1.29, 1.82) is 0 Å². The molecule has 0 bridgehead atoms. The molecule has 1 aliphatic heterocycles. The van der Waals surface area contributed by atoms with Gasteiger partial charge < -0.3 is 34.4 Å². The van der Waals surface area contributed by atoms with Crippen molar-refractivity contribution in [2.45, 2.75) is 52.6 Å². The molecule has 0 amide bonds. The smallest absolute Gasteiger partial charge is 0.160 e. The zero-order valence-corrected chi connectivity index (χ0v) is 22.7. The normalized spacial score (nSPS) is 17.3. The molecular formula is C28H41N3O5. The van der Waals surface area contributed by atoms with Crippen LogP contribution in [-0.2, 0) is 17.6 Å². The van der Waals surface area contributed by atoms with Gasteiger partial charge in [0, 0.05) is 18.3 Å². The van der Waals surface area contributed by atoms with Gasteiger partial charge in [0.25, 0.3) is 0 Å². The maximum absolute atomic E-state index is 6.50. The number of hydrazine groups is 1. The number of hydrogen-bond acceptors (Lipinski definition) is 8. The fraction of sp³-hybridized carbons (Fsp3) is 0.500. The molecule has 8 nitrogen and oxygen atoms in total. The van der Waals surface area contributed by atoms with Gasteiger partial charge in [0.05, 0.1) is 40.2 Å². The Labute approximate surface area is 215 Å². The number of ether oxygens (including phenoxy) is 5. The Morgan fingerprint density at radius 2 is 1.78 bits per heavy atom. The highest BCUT2D eigenvalue weighted by Gasteiger charge is 2.35.